The van der Waals surface area contributed by atoms with Crippen molar-refractivity contribution in [3.05, 3.63) is 35.5 Å². The number of fused-ring (bicyclic) bond motifs is 1. The first-order chi connectivity index (χ1) is 9.49. The molecule has 0 bridgehead atoms. The van der Waals surface area contributed by atoms with E-state index in [0.29, 0.717) is 5.92 Å². The van der Waals surface area contributed by atoms with Crippen LogP contribution in [0.5, 0.6) is 0 Å². The second-order valence-corrected chi connectivity index (χ2v) is 7.43. The SMILES string of the molecule is C=C1CC[C@@H](C(C)C)[C@H]2/C=C(/C)CC/C=C(/C)CC[C@H]12. The quantitative estimate of drug-likeness (QED) is 0.491. The van der Waals surface area contributed by atoms with E-state index < -0.39 is 0 Å². The van der Waals surface area contributed by atoms with Crippen LogP contribution in [0.15, 0.2) is 35.5 Å². The van der Waals surface area contributed by atoms with E-state index in [1.54, 1.807) is 11.1 Å². The lowest BCUT2D eigenvalue weighted by Crippen LogP contribution is -2.32. The number of hydrogen-bond acceptors (Lipinski definition) is 0. The minimum absolute atomic E-state index is 0.715. The van der Waals surface area contributed by atoms with Crippen LogP contribution in [-0.4, -0.2) is 0 Å². The molecule has 0 aliphatic heterocycles. The maximum absolute atomic E-state index is 4.42. The summed E-state index contributed by atoms with van der Waals surface area (Å²) in [7, 11) is 0. The third kappa shape index (κ3) is 3.65. The molecule has 2 rings (SSSR count). The molecule has 0 unspecified atom stereocenters. The lowest BCUT2D eigenvalue weighted by Gasteiger charge is -2.41. The Hall–Kier alpha value is -0.780. The van der Waals surface area contributed by atoms with Crippen LogP contribution >= 0.6 is 0 Å². The second-order valence-electron chi connectivity index (χ2n) is 7.43. The Morgan fingerprint density at radius 2 is 1.80 bits per heavy atom. The lowest BCUT2D eigenvalue weighted by molar-refractivity contribution is 0.186. The Morgan fingerprint density at radius 1 is 1.05 bits per heavy atom. The average molecular weight is 272 g/mol. The molecule has 3 atom stereocenters. The fraction of sp³-hybridized carbons (Fsp3) is 0.700. The molecule has 0 heterocycles. The van der Waals surface area contributed by atoms with Crippen molar-refractivity contribution in [3.63, 3.8) is 0 Å². The van der Waals surface area contributed by atoms with Crippen molar-refractivity contribution in [2.24, 2.45) is 23.7 Å². The molecule has 0 N–H and O–H groups in total. The summed E-state index contributed by atoms with van der Waals surface area (Å²) in [5.41, 5.74) is 4.69. The van der Waals surface area contributed by atoms with Gasteiger partial charge in [-0.1, -0.05) is 49.3 Å². The van der Waals surface area contributed by atoms with Gasteiger partial charge in [-0.2, -0.15) is 0 Å². The highest BCUT2D eigenvalue weighted by molar-refractivity contribution is 5.17. The largest absolute Gasteiger partial charge is 0.0996 e. The molecule has 20 heavy (non-hydrogen) atoms. The summed E-state index contributed by atoms with van der Waals surface area (Å²) < 4.78 is 0. The highest BCUT2D eigenvalue weighted by Gasteiger charge is 2.35. The van der Waals surface area contributed by atoms with Gasteiger partial charge in [-0.05, 0) is 76.0 Å². The first-order valence-corrected chi connectivity index (χ1v) is 8.49. The van der Waals surface area contributed by atoms with Gasteiger partial charge in [-0.15, -0.1) is 0 Å². The van der Waals surface area contributed by atoms with Gasteiger partial charge in [0.2, 0.25) is 0 Å². The number of rotatable bonds is 1. The predicted molar refractivity (Wildman–Crippen MR) is 89.7 cm³/mol. The van der Waals surface area contributed by atoms with E-state index in [2.05, 4.69) is 46.4 Å². The zero-order valence-electron chi connectivity index (χ0n) is 13.9. The summed E-state index contributed by atoms with van der Waals surface area (Å²) >= 11 is 0. The van der Waals surface area contributed by atoms with Gasteiger partial charge in [0.1, 0.15) is 0 Å². The van der Waals surface area contributed by atoms with Crippen molar-refractivity contribution < 1.29 is 0 Å². The molecule has 112 valence electrons. The van der Waals surface area contributed by atoms with Crippen molar-refractivity contribution >= 4 is 0 Å². The molecule has 0 aromatic heterocycles. The van der Waals surface area contributed by atoms with Gasteiger partial charge in [0.15, 0.2) is 0 Å². The van der Waals surface area contributed by atoms with Gasteiger partial charge < -0.3 is 0 Å². The maximum Gasteiger partial charge on any atom is -0.0134 e. The summed E-state index contributed by atoms with van der Waals surface area (Å²) in [6.45, 7) is 13.9. The summed E-state index contributed by atoms with van der Waals surface area (Å²) in [6.07, 6.45) is 12.7. The average Bonchev–Trinajstić information content (AvgIpc) is 2.37. The van der Waals surface area contributed by atoms with E-state index in [4.69, 9.17) is 0 Å². The van der Waals surface area contributed by atoms with Crippen LogP contribution in [0, 0.1) is 23.7 Å². The monoisotopic (exact) mass is 272 g/mol. The van der Waals surface area contributed by atoms with Crippen LogP contribution < -0.4 is 0 Å². The molecule has 0 aromatic carbocycles. The Morgan fingerprint density at radius 3 is 2.50 bits per heavy atom. The van der Waals surface area contributed by atoms with Crippen molar-refractivity contribution in [2.45, 2.75) is 66.2 Å². The Balaban J connectivity index is 2.29. The third-order valence-electron chi connectivity index (χ3n) is 5.50. The summed E-state index contributed by atoms with van der Waals surface area (Å²) in [5, 5.41) is 0. The first kappa shape index (κ1) is 15.6. The molecule has 0 saturated heterocycles. The molecule has 0 radical (unpaired) electrons. The van der Waals surface area contributed by atoms with Crippen molar-refractivity contribution in [3.8, 4) is 0 Å². The zero-order chi connectivity index (χ0) is 14.7. The predicted octanol–water partition coefficient (Wildman–Crippen LogP) is 6.31. The zero-order valence-corrected chi connectivity index (χ0v) is 13.9. The fourth-order valence-corrected chi connectivity index (χ4v) is 4.16. The topological polar surface area (TPSA) is 0 Å². The molecular weight excluding hydrogens is 240 g/mol. The summed E-state index contributed by atoms with van der Waals surface area (Å²) in [6, 6.07) is 0. The third-order valence-corrected chi connectivity index (χ3v) is 5.50. The van der Waals surface area contributed by atoms with Gasteiger partial charge in [-0.25, -0.2) is 0 Å². The molecule has 0 spiro atoms. The normalized spacial score (nSPS) is 37.6. The summed E-state index contributed by atoms with van der Waals surface area (Å²) in [4.78, 5) is 0. The van der Waals surface area contributed by atoms with Crippen LogP contribution in [0.25, 0.3) is 0 Å². The van der Waals surface area contributed by atoms with Crippen LogP contribution in [0.1, 0.15) is 66.2 Å². The standard InChI is InChI=1S/C20H32/c1-14(2)18-12-10-17(5)19-11-9-15(3)7-6-8-16(4)13-20(18)19/h7,13-14,18-20H,5-6,8-12H2,1-4H3/b15-7-,16-13-/t18-,19+,20+/m0/s1. The molecular formula is C20H32. The fourth-order valence-electron chi connectivity index (χ4n) is 4.16. The summed E-state index contributed by atoms with van der Waals surface area (Å²) in [5.74, 6) is 3.10. The minimum Gasteiger partial charge on any atom is -0.0996 e. The second kappa shape index (κ2) is 6.78. The van der Waals surface area contributed by atoms with E-state index in [9.17, 15) is 0 Å². The minimum atomic E-state index is 0.715. The molecule has 2 aliphatic rings. The van der Waals surface area contributed by atoms with E-state index in [1.807, 2.05) is 0 Å². The van der Waals surface area contributed by atoms with Gasteiger partial charge >= 0.3 is 0 Å². The molecule has 1 fully saturated rings. The lowest BCUT2D eigenvalue weighted by atomic mass is 9.64. The van der Waals surface area contributed by atoms with Crippen molar-refractivity contribution in [1.82, 2.24) is 0 Å². The van der Waals surface area contributed by atoms with Crippen LogP contribution in [0.2, 0.25) is 0 Å². The molecule has 2 aliphatic carbocycles. The number of hydrogen-bond donors (Lipinski definition) is 0. The van der Waals surface area contributed by atoms with Gasteiger partial charge in [0.25, 0.3) is 0 Å². The van der Waals surface area contributed by atoms with Crippen molar-refractivity contribution in [2.75, 3.05) is 0 Å². The van der Waals surface area contributed by atoms with Crippen LogP contribution in [0.4, 0.5) is 0 Å². The van der Waals surface area contributed by atoms with E-state index in [1.165, 1.54) is 44.1 Å². The molecule has 0 nitrogen and oxygen atoms in total. The highest BCUT2D eigenvalue weighted by Crippen LogP contribution is 2.45. The maximum atomic E-state index is 4.42. The van der Waals surface area contributed by atoms with Gasteiger partial charge in [0, 0.05) is 0 Å². The number of allylic oxidation sites excluding steroid dienone is 5. The Labute approximate surface area is 126 Å². The van der Waals surface area contributed by atoms with Gasteiger partial charge in [-0.3, -0.25) is 0 Å². The Kier molecular flexibility index (Phi) is 5.29. The van der Waals surface area contributed by atoms with Gasteiger partial charge in [0.05, 0.1) is 0 Å². The first-order valence-electron chi connectivity index (χ1n) is 8.49. The van der Waals surface area contributed by atoms with Crippen molar-refractivity contribution in [1.29, 1.82) is 0 Å². The van der Waals surface area contributed by atoms with Crippen LogP contribution in [0.3, 0.4) is 0 Å². The van der Waals surface area contributed by atoms with E-state index in [-0.39, 0.29) is 0 Å². The Bertz CT molecular complexity index is 408. The molecule has 0 aromatic rings. The van der Waals surface area contributed by atoms with E-state index in [0.717, 1.165) is 17.8 Å². The highest BCUT2D eigenvalue weighted by atomic mass is 14.4. The molecule has 0 amide bonds. The molecule has 0 heteroatoms. The molecule has 1 saturated carbocycles. The smallest absolute Gasteiger partial charge is 0.0134 e. The van der Waals surface area contributed by atoms with E-state index >= 15 is 0 Å². The van der Waals surface area contributed by atoms with Crippen LogP contribution in [-0.2, 0) is 0 Å².